The molecule has 5 nitrogen and oxygen atoms in total. The van der Waals surface area contributed by atoms with E-state index in [1.54, 1.807) is 19.2 Å². The van der Waals surface area contributed by atoms with Crippen molar-refractivity contribution >= 4 is 23.1 Å². The van der Waals surface area contributed by atoms with E-state index < -0.39 is 5.41 Å². The number of aromatic nitrogens is 2. The molecule has 1 amide bonds. The van der Waals surface area contributed by atoms with Gasteiger partial charge in [0.05, 0.1) is 22.6 Å². The fraction of sp³-hybridized carbons (Fsp3) is 0.455. The Morgan fingerprint density at radius 3 is 2.82 bits per heavy atom. The topological polar surface area (TPSA) is 80.9 Å². The van der Waals surface area contributed by atoms with Gasteiger partial charge in [-0.1, -0.05) is 19.1 Å². The molecule has 6 heteroatoms. The third-order valence-corrected chi connectivity index (χ3v) is 3.28. The van der Waals surface area contributed by atoms with Crippen molar-refractivity contribution in [1.29, 1.82) is 0 Å². The van der Waals surface area contributed by atoms with Gasteiger partial charge in [0.2, 0.25) is 5.91 Å². The lowest BCUT2D eigenvalue weighted by molar-refractivity contribution is -0.127. The van der Waals surface area contributed by atoms with Crippen LogP contribution < -0.4 is 11.1 Å². The van der Waals surface area contributed by atoms with Crippen molar-refractivity contribution in [3.05, 3.63) is 24.3 Å². The Kier molecular flexibility index (Phi) is 4.51. The van der Waals surface area contributed by atoms with Crippen LogP contribution in [0.3, 0.4) is 0 Å². The predicted molar refractivity (Wildman–Crippen MR) is 69.1 cm³/mol. The van der Waals surface area contributed by atoms with Gasteiger partial charge in [-0.3, -0.25) is 4.79 Å². The summed E-state index contributed by atoms with van der Waals surface area (Å²) in [5, 5.41) is 2.78. The molecular formula is C11H16N4OS. The molecule has 0 aliphatic heterocycles. The van der Waals surface area contributed by atoms with Gasteiger partial charge in [-0.05, 0) is 19.4 Å². The Bertz CT molecular complexity index is 409. The molecule has 0 aromatic carbocycles. The first-order valence-corrected chi connectivity index (χ1v) is 5.74. The minimum absolute atomic E-state index is 0.175. The van der Waals surface area contributed by atoms with Crippen LogP contribution in [0, 0.1) is 5.41 Å². The minimum Gasteiger partial charge on any atom is -0.392 e. The Morgan fingerprint density at radius 2 is 2.35 bits per heavy atom. The molecule has 1 unspecified atom stereocenters. The summed E-state index contributed by atoms with van der Waals surface area (Å²) in [6, 6.07) is 1.74. The molecule has 0 fully saturated rings. The van der Waals surface area contributed by atoms with Crippen LogP contribution in [-0.2, 0) is 11.3 Å². The Morgan fingerprint density at radius 1 is 1.65 bits per heavy atom. The van der Waals surface area contributed by atoms with E-state index in [1.807, 2.05) is 6.92 Å². The van der Waals surface area contributed by atoms with Crippen molar-refractivity contribution in [3.8, 4) is 0 Å². The first-order chi connectivity index (χ1) is 8.00. The normalized spacial score (nSPS) is 13.8. The summed E-state index contributed by atoms with van der Waals surface area (Å²) < 4.78 is 0. The highest BCUT2D eigenvalue weighted by Crippen LogP contribution is 2.21. The van der Waals surface area contributed by atoms with Crippen LogP contribution in [0.15, 0.2) is 18.6 Å². The average molecular weight is 252 g/mol. The Balaban J connectivity index is 2.64. The van der Waals surface area contributed by atoms with Crippen molar-refractivity contribution in [3.63, 3.8) is 0 Å². The molecule has 0 radical (unpaired) electrons. The number of carbonyl (C=O) groups is 1. The molecule has 17 heavy (non-hydrogen) atoms. The molecular weight excluding hydrogens is 236 g/mol. The van der Waals surface area contributed by atoms with Gasteiger partial charge in [-0.2, -0.15) is 0 Å². The minimum atomic E-state index is -0.803. The van der Waals surface area contributed by atoms with Gasteiger partial charge < -0.3 is 11.1 Å². The zero-order valence-corrected chi connectivity index (χ0v) is 10.8. The van der Waals surface area contributed by atoms with Gasteiger partial charge in [0.25, 0.3) is 0 Å². The largest absolute Gasteiger partial charge is 0.392 e. The SMILES string of the molecule is CCC(C)(C(=O)NCc1ccncn1)C(N)=S. The van der Waals surface area contributed by atoms with Crippen molar-refractivity contribution in [1.82, 2.24) is 15.3 Å². The van der Waals surface area contributed by atoms with Gasteiger partial charge in [-0.25, -0.2) is 9.97 Å². The third-order valence-electron chi connectivity index (χ3n) is 2.83. The van der Waals surface area contributed by atoms with Crippen molar-refractivity contribution in [2.24, 2.45) is 11.1 Å². The average Bonchev–Trinajstić information content (AvgIpc) is 2.35. The predicted octanol–water partition coefficient (Wildman–Crippen LogP) is 0.795. The van der Waals surface area contributed by atoms with Crippen molar-refractivity contribution in [2.75, 3.05) is 0 Å². The van der Waals surface area contributed by atoms with E-state index in [9.17, 15) is 4.79 Å². The van der Waals surface area contributed by atoms with E-state index in [4.69, 9.17) is 18.0 Å². The van der Waals surface area contributed by atoms with Crippen LogP contribution in [0.4, 0.5) is 0 Å². The summed E-state index contributed by atoms with van der Waals surface area (Å²) in [7, 11) is 0. The summed E-state index contributed by atoms with van der Waals surface area (Å²) >= 11 is 4.93. The number of nitrogens with two attached hydrogens (primary N) is 1. The molecule has 0 aliphatic carbocycles. The summed E-state index contributed by atoms with van der Waals surface area (Å²) in [5.74, 6) is -0.175. The van der Waals surface area contributed by atoms with Crippen LogP contribution in [0.1, 0.15) is 26.0 Å². The Hall–Kier alpha value is -1.56. The fourth-order valence-electron chi connectivity index (χ4n) is 1.24. The summed E-state index contributed by atoms with van der Waals surface area (Å²) in [6.07, 6.45) is 3.63. The first-order valence-electron chi connectivity index (χ1n) is 5.33. The number of hydrogen-bond donors (Lipinski definition) is 2. The lowest BCUT2D eigenvalue weighted by Gasteiger charge is -2.25. The molecule has 1 rings (SSSR count). The number of nitrogens with zero attached hydrogens (tertiary/aromatic N) is 2. The second-order valence-electron chi connectivity index (χ2n) is 3.93. The smallest absolute Gasteiger partial charge is 0.233 e. The number of amides is 1. The van der Waals surface area contributed by atoms with Crippen LogP contribution in [0.2, 0.25) is 0 Å². The number of rotatable bonds is 5. The number of nitrogens with one attached hydrogen (secondary N) is 1. The number of hydrogen-bond acceptors (Lipinski definition) is 4. The molecule has 92 valence electrons. The van der Waals surface area contributed by atoms with Crippen LogP contribution in [0.25, 0.3) is 0 Å². The fourth-order valence-corrected chi connectivity index (χ4v) is 1.47. The molecule has 0 saturated carbocycles. The van der Waals surface area contributed by atoms with Crippen molar-refractivity contribution in [2.45, 2.75) is 26.8 Å². The van der Waals surface area contributed by atoms with E-state index in [-0.39, 0.29) is 10.9 Å². The second-order valence-corrected chi connectivity index (χ2v) is 4.37. The van der Waals surface area contributed by atoms with E-state index >= 15 is 0 Å². The van der Waals surface area contributed by atoms with Crippen LogP contribution in [0.5, 0.6) is 0 Å². The van der Waals surface area contributed by atoms with Gasteiger partial charge >= 0.3 is 0 Å². The highest BCUT2D eigenvalue weighted by Gasteiger charge is 2.34. The van der Waals surface area contributed by atoms with Crippen molar-refractivity contribution < 1.29 is 4.79 Å². The molecule has 1 aromatic rings. The molecule has 0 bridgehead atoms. The highest BCUT2D eigenvalue weighted by molar-refractivity contribution is 7.80. The number of carbonyl (C=O) groups excluding carboxylic acids is 1. The third kappa shape index (κ3) is 3.20. The van der Waals surface area contributed by atoms with Crippen LogP contribution >= 0.6 is 12.2 Å². The van der Waals surface area contributed by atoms with E-state index in [0.717, 1.165) is 5.69 Å². The summed E-state index contributed by atoms with van der Waals surface area (Å²) in [4.78, 5) is 20.0. The maximum absolute atomic E-state index is 12.0. The van der Waals surface area contributed by atoms with Gasteiger partial charge in [-0.15, -0.1) is 0 Å². The Labute approximate surface area is 106 Å². The molecule has 1 atom stereocenters. The maximum Gasteiger partial charge on any atom is 0.233 e. The standard InChI is InChI=1S/C11H16N4OS/c1-3-11(2,9(12)17)10(16)14-6-8-4-5-13-7-15-8/h4-5,7H,3,6H2,1-2H3,(H2,12,17)(H,14,16). The van der Waals surface area contributed by atoms with Gasteiger partial charge in [0, 0.05) is 6.20 Å². The zero-order chi connectivity index (χ0) is 12.9. The molecule has 1 heterocycles. The highest BCUT2D eigenvalue weighted by atomic mass is 32.1. The maximum atomic E-state index is 12.0. The summed E-state index contributed by atoms with van der Waals surface area (Å²) in [5.41, 5.74) is 5.54. The van der Waals surface area contributed by atoms with Crippen LogP contribution in [-0.4, -0.2) is 20.9 Å². The monoisotopic (exact) mass is 252 g/mol. The van der Waals surface area contributed by atoms with E-state index in [1.165, 1.54) is 6.33 Å². The number of thiocarbonyl (C=S) groups is 1. The lowest BCUT2D eigenvalue weighted by Crippen LogP contribution is -2.46. The molecule has 0 spiro atoms. The molecule has 0 aliphatic rings. The molecule has 1 aromatic heterocycles. The van der Waals surface area contributed by atoms with Gasteiger partial charge in [0.1, 0.15) is 6.33 Å². The molecule has 3 N–H and O–H groups in total. The summed E-state index contributed by atoms with van der Waals surface area (Å²) in [6.45, 7) is 3.97. The van der Waals surface area contributed by atoms with E-state index in [0.29, 0.717) is 13.0 Å². The molecule has 0 saturated heterocycles. The van der Waals surface area contributed by atoms with Gasteiger partial charge in [0.15, 0.2) is 0 Å². The first kappa shape index (κ1) is 13.5. The zero-order valence-electron chi connectivity index (χ0n) is 9.93. The second kappa shape index (κ2) is 5.67. The van der Waals surface area contributed by atoms with E-state index in [2.05, 4.69) is 15.3 Å². The quantitative estimate of drug-likeness (QED) is 0.757. The lowest BCUT2D eigenvalue weighted by atomic mass is 9.86.